The van der Waals surface area contributed by atoms with Crippen molar-refractivity contribution in [2.45, 2.75) is 12.8 Å². The molecule has 1 aromatic carbocycles. The number of nitrogens with zero attached hydrogens (tertiary/aromatic N) is 1. The van der Waals surface area contributed by atoms with Crippen LogP contribution in [-0.4, -0.2) is 30.6 Å². The van der Waals surface area contributed by atoms with Gasteiger partial charge in [0.25, 0.3) is 5.91 Å². The Labute approximate surface area is 118 Å². The predicted octanol–water partition coefficient (Wildman–Crippen LogP) is 2.39. The highest BCUT2D eigenvalue weighted by Gasteiger charge is 2.16. The van der Waals surface area contributed by atoms with Gasteiger partial charge in [-0.3, -0.25) is 9.78 Å². The van der Waals surface area contributed by atoms with E-state index < -0.39 is 0 Å². The molecule has 0 unspecified atom stereocenters. The SMILES string of the molecule is O=C(NC[C@@H]1CCCOC1)c1ccnc2ccccc12. The molecule has 1 fully saturated rings. The van der Waals surface area contributed by atoms with Crippen molar-refractivity contribution in [3.8, 4) is 0 Å². The van der Waals surface area contributed by atoms with Gasteiger partial charge in [-0.1, -0.05) is 18.2 Å². The first-order valence-electron chi connectivity index (χ1n) is 7.04. The zero-order chi connectivity index (χ0) is 13.8. The molecule has 2 heterocycles. The summed E-state index contributed by atoms with van der Waals surface area (Å²) >= 11 is 0. The maximum absolute atomic E-state index is 12.3. The number of carbonyl (C=O) groups is 1. The number of ether oxygens (including phenoxy) is 1. The molecule has 1 aromatic heterocycles. The van der Waals surface area contributed by atoms with Crippen LogP contribution in [0.3, 0.4) is 0 Å². The normalized spacial score (nSPS) is 18.9. The maximum Gasteiger partial charge on any atom is 0.252 e. The zero-order valence-corrected chi connectivity index (χ0v) is 11.3. The molecule has 1 saturated heterocycles. The van der Waals surface area contributed by atoms with E-state index in [1.165, 1.54) is 0 Å². The first-order chi connectivity index (χ1) is 9.84. The number of benzene rings is 1. The lowest BCUT2D eigenvalue weighted by atomic mass is 10.0. The predicted molar refractivity (Wildman–Crippen MR) is 77.6 cm³/mol. The van der Waals surface area contributed by atoms with Gasteiger partial charge in [0.15, 0.2) is 0 Å². The van der Waals surface area contributed by atoms with Crippen molar-refractivity contribution >= 4 is 16.8 Å². The monoisotopic (exact) mass is 270 g/mol. The summed E-state index contributed by atoms with van der Waals surface area (Å²) in [6.07, 6.45) is 3.89. The van der Waals surface area contributed by atoms with Crippen molar-refractivity contribution in [2.75, 3.05) is 19.8 Å². The van der Waals surface area contributed by atoms with Gasteiger partial charge in [0.2, 0.25) is 0 Å². The Bertz CT molecular complexity index is 601. The summed E-state index contributed by atoms with van der Waals surface area (Å²) in [4.78, 5) is 16.6. The van der Waals surface area contributed by atoms with Crippen LogP contribution in [0.5, 0.6) is 0 Å². The summed E-state index contributed by atoms with van der Waals surface area (Å²) in [7, 11) is 0. The number of fused-ring (bicyclic) bond motifs is 1. The molecule has 4 nitrogen and oxygen atoms in total. The van der Waals surface area contributed by atoms with Crippen LogP contribution in [0, 0.1) is 5.92 Å². The molecule has 1 N–H and O–H groups in total. The van der Waals surface area contributed by atoms with Crippen molar-refractivity contribution < 1.29 is 9.53 Å². The van der Waals surface area contributed by atoms with Gasteiger partial charge in [0, 0.05) is 24.7 Å². The van der Waals surface area contributed by atoms with Gasteiger partial charge in [-0.05, 0) is 30.9 Å². The van der Waals surface area contributed by atoms with Gasteiger partial charge < -0.3 is 10.1 Å². The molecular formula is C16H18N2O2. The van der Waals surface area contributed by atoms with Gasteiger partial charge >= 0.3 is 0 Å². The molecule has 2 aromatic rings. The lowest BCUT2D eigenvalue weighted by Crippen LogP contribution is -2.33. The van der Waals surface area contributed by atoms with Crippen LogP contribution in [0.2, 0.25) is 0 Å². The third-order valence-corrected chi connectivity index (χ3v) is 3.70. The van der Waals surface area contributed by atoms with Crippen molar-refractivity contribution in [3.05, 3.63) is 42.1 Å². The Balaban J connectivity index is 1.72. The smallest absolute Gasteiger partial charge is 0.252 e. The fourth-order valence-electron chi connectivity index (χ4n) is 2.59. The van der Waals surface area contributed by atoms with E-state index in [1.54, 1.807) is 12.3 Å². The minimum atomic E-state index is -0.0332. The van der Waals surface area contributed by atoms with Crippen LogP contribution in [0.25, 0.3) is 10.9 Å². The molecule has 4 heteroatoms. The second kappa shape index (κ2) is 6.01. The van der Waals surface area contributed by atoms with Crippen LogP contribution in [0.15, 0.2) is 36.5 Å². The fraction of sp³-hybridized carbons (Fsp3) is 0.375. The summed E-state index contributed by atoms with van der Waals surface area (Å²) in [5.41, 5.74) is 1.54. The topological polar surface area (TPSA) is 51.2 Å². The lowest BCUT2D eigenvalue weighted by Gasteiger charge is -2.22. The summed E-state index contributed by atoms with van der Waals surface area (Å²) in [6.45, 7) is 2.27. The van der Waals surface area contributed by atoms with Crippen LogP contribution >= 0.6 is 0 Å². The number of hydrogen-bond donors (Lipinski definition) is 1. The quantitative estimate of drug-likeness (QED) is 0.931. The zero-order valence-electron chi connectivity index (χ0n) is 11.3. The Morgan fingerprint density at radius 3 is 3.10 bits per heavy atom. The van der Waals surface area contributed by atoms with Crippen molar-refractivity contribution in [3.63, 3.8) is 0 Å². The van der Waals surface area contributed by atoms with E-state index in [4.69, 9.17) is 4.74 Å². The van der Waals surface area contributed by atoms with Crippen LogP contribution in [0.1, 0.15) is 23.2 Å². The molecule has 1 aliphatic rings. The number of hydrogen-bond acceptors (Lipinski definition) is 3. The standard InChI is InChI=1S/C16H18N2O2/c19-16(18-10-12-4-3-9-20-11-12)14-7-8-17-15-6-2-1-5-13(14)15/h1-2,5-8,12H,3-4,9-11H2,(H,18,19)/t12-/m0/s1. The third kappa shape index (κ3) is 2.80. The first kappa shape index (κ1) is 13.1. The maximum atomic E-state index is 12.3. The Morgan fingerprint density at radius 2 is 2.25 bits per heavy atom. The summed E-state index contributed by atoms with van der Waals surface area (Å²) in [6, 6.07) is 9.48. The second-order valence-electron chi connectivity index (χ2n) is 5.17. The molecule has 20 heavy (non-hydrogen) atoms. The van der Waals surface area contributed by atoms with E-state index in [9.17, 15) is 4.79 Å². The van der Waals surface area contributed by atoms with Gasteiger partial charge in [-0.15, -0.1) is 0 Å². The van der Waals surface area contributed by atoms with E-state index >= 15 is 0 Å². The van der Waals surface area contributed by atoms with E-state index in [2.05, 4.69) is 10.3 Å². The first-order valence-corrected chi connectivity index (χ1v) is 7.04. The summed E-state index contributed by atoms with van der Waals surface area (Å²) in [5.74, 6) is 0.398. The molecule has 1 atom stereocenters. The number of amides is 1. The molecule has 0 spiro atoms. The average Bonchev–Trinajstić information content (AvgIpc) is 2.53. The highest BCUT2D eigenvalue weighted by atomic mass is 16.5. The minimum Gasteiger partial charge on any atom is -0.381 e. The molecule has 3 rings (SSSR count). The lowest BCUT2D eigenvalue weighted by molar-refractivity contribution is 0.0536. The molecular weight excluding hydrogens is 252 g/mol. The van der Waals surface area contributed by atoms with Crippen molar-refractivity contribution in [2.24, 2.45) is 5.92 Å². The number of aromatic nitrogens is 1. The molecule has 104 valence electrons. The number of nitrogens with one attached hydrogen (secondary N) is 1. The van der Waals surface area contributed by atoms with Gasteiger partial charge in [-0.2, -0.15) is 0 Å². The Kier molecular flexibility index (Phi) is 3.92. The molecule has 0 aliphatic carbocycles. The Morgan fingerprint density at radius 1 is 1.35 bits per heavy atom. The van der Waals surface area contributed by atoms with Gasteiger partial charge in [-0.25, -0.2) is 0 Å². The number of pyridine rings is 1. The van der Waals surface area contributed by atoms with Crippen LogP contribution < -0.4 is 5.32 Å². The van der Waals surface area contributed by atoms with Gasteiger partial charge in [0.1, 0.15) is 0 Å². The second-order valence-corrected chi connectivity index (χ2v) is 5.17. The molecule has 0 radical (unpaired) electrons. The van der Waals surface area contributed by atoms with Crippen molar-refractivity contribution in [1.82, 2.24) is 10.3 Å². The highest BCUT2D eigenvalue weighted by molar-refractivity contribution is 6.05. The van der Waals surface area contributed by atoms with Crippen molar-refractivity contribution in [1.29, 1.82) is 0 Å². The summed E-state index contributed by atoms with van der Waals surface area (Å²) < 4.78 is 5.43. The van der Waals surface area contributed by atoms with Crippen LogP contribution in [-0.2, 0) is 4.74 Å². The highest BCUT2D eigenvalue weighted by Crippen LogP contribution is 2.17. The molecule has 1 aliphatic heterocycles. The largest absolute Gasteiger partial charge is 0.381 e. The fourth-order valence-corrected chi connectivity index (χ4v) is 2.59. The molecule has 1 amide bonds. The molecule has 0 saturated carbocycles. The summed E-state index contributed by atoms with van der Waals surface area (Å²) in [5, 5.41) is 3.91. The number of carbonyl (C=O) groups excluding carboxylic acids is 1. The van der Waals surface area contributed by atoms with Gasteiger partial charge in [0.05, 0.1) is 17.7 Å². The van der Waals surface area contributed by atoms with Crippen LogP contribution in [0.4, 0.5) is 0 Å². The average molecular weight is 270 g/mol. The molecule has 0 bridgehead atoms. The number of para-hydroxylation sites is 1. The third-order valence-electron chi connectivity index (χ3n) is 3.70. The number of rotatable bonds is 3. The van der Waals surface area contributed by atoms with E-state index in [0.717, 1.165) is 37.0 Å². The van der Waals surface area contributed by atoms with E-state index in [-0.39, 0.29) is 5.91 Å². The van der Waals surface area contributed by atoms with E-state index in [0.29, 0.717) is 18.0 Å². The van der Waals surface area contributed by atoms with E-state index in [1.807, 2.05) is 24.3 Å². The minimum absolute atomic E-state index is 0.0332. The Hall–Kier alpha value is -1.94.